The Morgan fingerprint density at radius 1 is 1.78 bits per heavy atom. The van der Waals surface area contributed by atoms with Crippen LogP contribution in [0.1, 0.15) is 6.92 Å². The molecule has 0 saturated carbocycles. The highest BCUT2D eigenvalue weighted by Crippen LogP contribution is 2.05. The first-order valence-electron chi connectivity index (χ1n) is 2.75. The quantitative estimate of drug-likeness (QED) is 0.572. The molecule has 1 radical (unpaired) electrons. The molecule has 0 aliphatic rings. The molecule has 0 N–H and O–H groups in total. The standard InChI is InChI=1S/C5H8N3O/c1-3-8(2)5-4-6-7-9-5/h3H2,1-2H3. The maximum absolute atomic E-state index is 4.70. The van der Waals surface area contributed by atoms with Crippen LogP contribution in [0.4, 0.5) is 5.88 Å². The normalized spacial score (nSPS) is 9.56. The van der Waals surface area contributed by atoms with E-state index in [2.05, 4.69) is 16.6 Å². The van der Waals surface area contributed by atoms with Gasteiger partial charge in [0.15, 0.2) is 6.20 Å². The van der Waals surface area contributed by atoms with Crippen LogP contribution in [-0.2, 0) is 0 Å². The third-order valence-corrected chi connectivity index (χ3v) is 1.13. The van der Waals surface area contributed by atoms with Gasteiger partial charge in [0.25, 0.3) is 5.88 Å². The molecule has 49 valence electrons. The smallest absolute Gasteiger partial charge is 0.257 e. The maximum atomic E-state index is 4.70. The summed E-state index contributed by atoms with van der Waals surface area (Å²) in [7, 11) is 1.89. The van der Waals surface area contributed by atoms with Crippen LogP contribution in [-0.4, -0.2) is 24.0 Å². The fourth-order valence-electron chi connectivity index (χ4n) is 0.441. The molecule has 1 heterocycles. The molecular formula is C5H8N3O. The second-order valence-electron chi connectivity index (χ2n) is 1.70. The monoisotopic (exact) mass is 126 g/mol. The molecule has 1 rings (SSSR count). The summed E-state index contributed by atoms with van der Waals surface area (Å²) in [5.41, 5.74) is 0. The Kier molecular flexibility index (Phi) is 1.67. The molecule has 0 bridgehead atoms. The molecular weight excluding hydrogens is 118 g/mol. The van der Waals surface area contributed by atoms with Crippen molar-refractivity contribution >= 4 is 5.88 Å². The molecule has 1 aromatic heterocycles. The molecule has 0 amide bonds. The summed E-state index contributed by atoms with van der Waals surface area (Å²) in [6.07, 6.45) is 2.59. The van der Waals surface area contributed by atoms with Gasteiger partial charge in [0, 0.05) is 18.9 Å². The molecule has 9 heavy (non-hydrogen) atoms. The van der Waals surface area contributed by atoms with Crippen molar-refractivity contribution in [2.45, 2.75) is 6.92 Å². The highest BCUT2D eigenvalue weighted by Gasteiger charge is 2.01. The number of nitrogens with zero attached hydrogens (tertiary/aromatic N) is 3. The highest BCUT2D eigenvalue weighted by molar-refractivity contribution is 5.26. The average molecular weight is 126 g/mol. The number of anilines is 1. The predicted molar refractivity (Wildman–Crippen MR) is 32.1 cm³/mol. The van der Waals surface area contributed by atoms with E-state index in [-0.39, 0.29) is 0 Å². The number of rotatable bonds is 2. The van der Waals surface area contributed by atoms with E-state index < -0.39 is 0 Å². The lowest BCUT2D eigenvalue weighted by Crippen LogP contribution is -2.14. The van der Waals surface area contributed by atoms with Crippen LogP contribution in [0, 0.1) is 6.20 Å². The van der Waals surface area contributed by atoms with Crippen LogP contribution in [0.3, 0.4) is 0 Å². The molecule has 0 aromatic carbocycles. The number of hydrogen-bond acceptors (Lipinski definition) is 4. The van der Waals surface area contributed by atoms with E-state index in [0.29, 0.717) is 5.88 Å². The molecule has 0 fully saturated rings. The van der Waals surface area contributed by atoms with Gasteiger partial charge >= 0.3 is 0 Å². The first-order valence-corrected chi connectivity index (χ1v) is 2.75. The van der Waals surface area contributed by atoms with Crippen LogP contribution in [0.25, 0.3) is 0 Å². The van der Waals surface area contributed by atoms with Crippen LogP contribution < -0.4 is 4.90 Å². The minimum atomic E-state index is 0.581. The fraction of sp³-hybridized carbons (Fsp3) is 0.600. The lowest BCUT2D eigenvalue weighted by atomic mass is 10.6. The molecule has 0 aliphatic heterocycles. The van der Waals surface area contributed by atoms with E-state index in [1.165, 1.54) is 0 Å². The van der Waals surface area contributed by atoms with Gasteiger partial charge in [0.1, 0.15) is 0 Å². The summed E-state index contributed by atoms with van der Waals surface area (Å²) >= 11 is 0. The minimum absolute atomic E-state index is 0.581. The Morgan fingerprint density at radius 3 is 3.00 bits per heavy atom. The fourth-order valence-corrected chi connectivity index (χ4v) is 0.441. The molecule has 0 saturated heterocycles. The Labute approximate surface area is 53.4 Å². The van der Waals surface area contributed by atoms with E-state index in [1.54, 1.807) is 0 Å². The molecule has 0 aliphatic carbocycles. The zero-order valence-corrected chi connectivity index (χ0v) is 5.46. The van der Waals surface area contributed by atoms with E-state index in [9.17, 15) is 0 Å². The summed E-state index contributed by atoms with van der Waals surface area (Å²) in [5.74, 6) is 0.581. The van der Waals surface area contributed by atoms with Gasteiger partial charge in [-0.05, 0) is 6.92 Å². The van der Waals surface area contributed by atoms with Gasteiger partial charge in [0.2, 0.25) is 0 Å². The van der Waals surface area contributed by atoms with Crippen molar-refractivity contribution in [2.75, 3.05) is 18.5 Å². The highest BCUT2D eigenvalue weighted by atomic mass is 16.5. The van der Waals surface area contributed by atoms with Gasteiger partial charge in [-0.3, -0.25) is 0 Å². The Balaban J connectivity index is 2.65. The van der Waals surface area contributed by atoms with Gasteiger partial charge < -0.3 is 9.42 Å². The van der Waals surface area contributed by atoms with Crippen molar-refractivity contribution < 1.29 is 4.52 Å². The number of aromatic nitrogens is 2. The van der Waals surface area contributed by atoms with Crippen LogP contribution >= 0.6 is 0 Å². The second-order valence-corrected chi connectivity index (χ2v) is 1.70. The van der Waals surface area contributed by atoms with E-state index in [1.807, 2.05) is 18.9 Å². The van der Waals surface area contributed by atoms with Gasteiger partial charge in [-0.1, -0.05) is 0 Å². The molecule has 0 spiro atoms. The molecule has 4 heteroatoms. The summed E-state index contributed by atoms with van der Waals surface area (Å²) in [6.45, 7) is 2.88. The SMILES string of the molecule is CCN(C)c1[c]nno1. The van der Waals surface area contributed by atoms with Gasteiger partial charge in [-0.2, -0.15) is 0 Å². The second kappa shape index (κ2) is 2.48. The van der Waals surface area contributed by atoms with Crippen LogP contribution in [0.5, 0.6) is 0 Å². The van der Waals surface area contributed by atoms with Crippen molar-refractivity contribution in [1.29, 1.82) is 0 Å². The summed E-state index contributed by atoms with van der Waals surface area (Å²) in [5, 5.41) is 6.68. The summed E-state index contributed by atoms with van der Waals surface area (Å²) in [6, 6.07) is 0. The van der Waals surface area contributed by atoms with Crippen LogP contribution in [0.2, 0.25) is 0 Å². The first-order chi connectivity index (χ1) is 4.34. The molecule has 0 unspecified atom stereocenters. The maximum Gasteiger partial charge on any atom is 0.257 e. The van der Waals surface area contributed by atoms with E-state index in [0.717, 1.165) is 6.54 Å². The molecule has 1 aromatic rings. The topological polar surface area (TPSA) is 42.2 Å². The zero-order chi connectivity index (χ0) is 6.69. The minimum Gasteiger partial charge on any atom is -0.342 e. The Morgan fingerprint density at radius 2 is 2.56 bits per heavy atom. The number of hydrogen-bond donors (Lipinski definition) is 0. The largest absolute Gasteiger partial charge is 0.342 e. The average Bonchev–Trinajstić information content (AvgIpc) is 2.37. The lowest BCUT2D eigenvalue weighted by molar-refractivity contribution is 0.395. The first kappa shape index (κ1) is 6.07. The van der Waals surface area contributed by atoms with Crippen molar-refractivity contribution in [1.82, 2.24) is 10.4 Å². The van der Waals surface area contributed by atoms with Gasteiger partial charge in [-0.15, -0.1) is 5.10 Å². The predicted octanol–water partition coefficient (Wildman–Crippen LogP) is 0.326. The summed E-state index contributed by atoms with van der Waals surface area (Å²) < 4.78 is 4.70. The van der Waals surface area contributed by atoms with Gasteiger partial charge in [-0.25, -0.2) is 0 Å². The van der Waals surface area contributed by atoms with Crippen molar-refractivity contribution in [3.8, 4) is 0 Å². The van der Waals surface area contributed by atoms with E-state index in [4.69, 9.17) is 4.52 Å². The Hall–Kier alpha value is -1.06. The lowest BCUT2D eigenvalue weighted by Gasteiger charge is -2.08. The Bertz CT molecular complexity index is 161. The third kappa shape index (κ3) is 1.19. The molecule has 4 nitrogen and oxygen atoms in total. The van der Waals surface area contributed by atoms with Gasteiger partial charge in [0.05, 0.1) is 0 Å². The van der Waals surface area contributed by atoms with Crippen molar-refractivity contribution in [3.63, 3.8) is 0 Å². The van der Waals surface area contributed by atoms with Crippen molar-refractivity contribution in [2.24, 2.45) is 0 Å². The third-order valence-electron chi connectivity index (χ3n) is 1.13. The van der Waals surface area contributed by atoms with E-state index >= 15 is 0 Å². The van der Waals surface area contributed by atoms with Crippen LogP contribution in [0.15, 0.2) is 4.52 Å². The molecule has 0 atom stereocenters. The summed E-state index contributed by atoms with van der Waals surface area (Å²) in [4.78, 5) is 1.86. The van der Waals surface area contributed by atoms with Crippen molar-refractivity contribution in [3.05, 3.63) is 6.20 Å². The zero-order valence-electron chi connectivity index (χ0n) is 5.46.